The summed E-state index contributed by atoms with van der Waals surface area (Å²) in [6.45, 7) is 3.51. The fraction of sp³-hybridized carbons (Fsp3) is 0.304. The minimum Gasteiger partial charge on any atom is -0.337 e. The zero-order valence-electron chi connectivity index (χ0n) is 15.9. The highest BCUT2D eigenvalue weighted by Crippen LogP contribution is 2.25. The molecular formula is C23H23ClN2O2. The van der Waals surface area contributed by atoms with E-state index in [0.29, 0.717) is 30.4 Å². The minimum absolute atomic E-state index is 0.0344. The topological polar surface area (TPSA) is 42.3 Å². The largest absolute Gasteiger partial charge is 0.337 e. The van der Waals surface area contributed by atoms with E-state index in [4.69, 9.17) is 11.6 Å². The third-order valence-corrected chi connectivity index (χ3v) is 5.89. The molecule has 4 nitrogen and oxygen atoms in total. The molecular weight excluding hydrogens is 372 g/mol. The zero-order valence-corrected chi connectivity index (χ0v) is 16.7. The van der Waals surface area contributed by atoms with Crippen LogP contribution < -0.4 is 0 Å². The highest BCUT2D eigenvalue weighted by atomic mass is 35.5. The van der Waals surface area contributed by atoms with Crippen LogP contribution in [0.2, 0.25) is 5.02 Å². The third kappa shape index (κ3) is 3.69. The van der Waals surface area contributed by atoms with E-state index in [2.05, 4.69) is 4.57 Å². The fourth-order valence-electron chi connectivity index (χ4n) is 3.98. The molecule has 28 heavy (non-hydrogen) atoms. The summed E-state index contributed by atoms with van der Waals surface area (Å²) in [5.41, 5.74) is 2.83. The number of carbonyl (C=O) groups is 2. The molecule has 4 rings (SSSR count). The van der Waals surface area contributed by atoms with E-state index in [1.54, 1.807) is 6.92 Å². The Bertz CT molecular complexity index is 1010. The van der Waals surface area contributed by atoms with Crippen molar-refractivity contribution in [2.75, 3.05) is 13.1 Å². The van der Waals surface area contributed by atoms with E-state index < -0.39 is 0 Å². The van der Waals surface area contributed by atoms with Crippen LogP contribution in [0.5, 0.6) is 0 Å². The highest BCUT2D eigenvalue weighted by Gasteiger charge is 2.28. The molecule has 5 heteroatoms. The van der Waals surface area contributed by atoms with Gasteiger partial charge in [-0.1, -0.05) is 41.9 Å². The Hall–Kier alpha value is -2.59. The number of amides is 1. The highest BCUT2D eigenvalue weighted by molar-refractivity contribution is 6.30. The second-order valence-electron chi connectivity index (χ2n) is 7.48. The molecule has 1 fully saturated rings. The molecule has 0 bridgehead atoms. The van der Waals surface area contributed by atoms with Crippen molar-refractivity contribution < 1.29 is 9.59 Å². The van der Waals surface area contributed by atoms with Gasteiger partial charge in [-0.2, -0.15) is 0 Å². The monoisotopic (exact) mass is 394 g/mol. The quantitative estimate of drug-likeness (QED) is 0.638. The van der Waals surface area contributed by atoms with Crippen molar-refractivity contribution >= 4 is 34.2 Å². The molecule has 144 valence electrons. The molecule has 0 saturated carbocycles. The molecule has 0 aliphatic carbocycles. The standard InChI is InChI=1S/C23H23ClN2O2/c1-16(27)18-10-12-25(13-11-18)23(28)22-14-19-4-2-3-5-21(19)26(22)15-17-6-8-20(24)9-7-17/h2-9,14,18H,10-13,15H2,1H3. The molecule has 1 aromatic heterocycles. The van der Waals surface area contributed by atoms with Crippen molar-refractivity contribution in [3.05, 3.63) is 70.9 Å². The van der Waals surface area contributed by atoms with E-state index in [9.17, 15) is 9.59 Å². The van der Waals surface area contributed by atoms with Crippen LogP contribution >= 0.6 is 11.6 Å². The lowest BCUT2D eigenvalue weighted by Crippen LogP contribution is -2.40. The number of carbonyl (C=O) groups excluding carboxylic acids is 2. The number of rotatable bonds is 4. The number of ketones is 1. The maximum atomic E-state index is 13.3. The molecule has 0 spiro atoms. The Kier molecular flexibility index (Phi) is 5.23. The van der Waals surface area contributed by atoms with Gasteiger partial charge in [-0.05, 0) is 49.6 Å². The predicted molar refractivity (Wildman–Crippen MR) is 112 cm³/mol. The number of piperidine rings is 1. The molecule has 1 aliphatic rings. The Labute approximate surface area is 169 Å². The molecule has 2 aromatic carbocycles. The number of fused-ring (bicyclic) bond motifs is 1. The Balaban J connectivity index is 1.65. The molecule has 1 amide bonds. The molecule has 0 atom stereocenters. The van der Waals surface area contributed by atoms with Crippen LogP contribution in [-0.4, -0.2) is 34.2 Å². The van der Waals surface area contributed by atoms with E-state index in [1.807, 2.05) is 59.5 Å². The van der Waals surface area contributed by atoms with Crippen molar-refractivity contribution in [1.82, 2.24) is 9.47 Å². The molecule has 0 N–H and O–H groups in total. The summed E-state index contributed by atoms with van der Waals surface area (Å²) in [5.74, 6) is 0.347. The van der Waals surface area contributed by atoms with Gasteiger partial charge in [0.1, 0.15) is 11.5 Å². The fourth-order valence-corrected chi connectivity index (χ4v) is 4.11. The maximum Gasteiger partial charge on any atom is 0.270 e. The van der Waals surface area contributed by atoms with Crippen molar-refractivity contribution in [1.29, 1.82) is 0 Å². The lowest BCUT2D eigenvalue weighted by Gasteiger charge is -2.31. The lowest BCUT2D eigenvalue weighted by atomic mass is 9.93. The van der Waals surface area contributed by atoms with Gasteiger partial charge >= 0.3 is 0 Å². The van der Waals surface area contributed by atoms with E-state index in [0.717, 1.165) is 29.3 Å². The summed E-state index contributed by atoms with van der Waals surface area (Å²) in [4.78, 5) is 26.8. The number of halogens is 1. The van der Waals surface area contributed by atoms with Crippen LogP contribution in [0.25, 0.3) is 10.9 Å². The van der Waals surface area contributed by atoms with Crippen molar-refractivity contribution in [3.63, 3.8) is 0 Å². The summed E-state index contributed by atoms with van der Waals surface area (Å²) in [6, 6.07) is 17.8. The van der Waals surface area contributed by atoms with Gasteiger partial charge in [0.05, 0.1) is 0 Å². The second-order valence-corrected chi connectivity index (χ2v) is 7.91. The van der Waals surface area contributed by atoms with Crippen molar-refractivity contribution in [2.45, 2.75) is 26.3 Å². The second kappa shape index (κ2) is 7.80. The van der Waals surface area contributed by atoms with Gasteiger partial charge in [0.25, 0.3) is 5.91 Å². The number of Topliss-reactive ketones (excluding diaryl/α,β-unsaturated/α-hetero) is 1. The van der Waals surface area contributed by atoms with Gasteiger partial charge < -0.3 is 9.47 Å². The average molecular weight is 395 g/mol. The Morgan fingerprint density at radius 2 is 1.71 bits per heavy atom. The van der Waals surface area contributed by atoms with Crippen molar-refractivity contribution in [2.24, 2.45) is 5.92 Å². The van der Waals surface area contributed by atoms with Crippen LogP contribution in [0, 0.1) is 5.92 Å². The Morgan fingerprint density at radius 3 is 2.39 bits per heavy atom. The molecule has 3 aromatic rings. The minimum atomic E-state index is 0.0344. The molecule has 1 saturated heterocycles. The van der Waals surface area contributed by atoms with Gasteiger partial charge in [0, 0.05) is 41.5 Å². The molecule has 0 unspecified atom stereocenters. The zero-order chi connectivity index (χ0) is 19.7. The number of likely N-dealkylation sites (tertiary alicyclic amines) is 1. The van der Waals surface area contributed by atoms with Crippen LogP contribution in [0.4, 0.5) is 0 Å². The number of para-hydroxylation sites is 1. The van der Waals surface area contributed by atoms with E-state index in [1.165, 1.54) is 0 Å². The normalized spacial score (nSPS) is 15.1. The first-order valence-electron chi connectivity index (χ1n) is 9.65. The van der Waals surface area contributed by atoms with Crippen LogP contribution in [0.1, 0.15) is 35.8 Å². The first-order valence-corrected chi connectivity index (χ1v) is 10.0. The number of hydrogen-bond acceptors (Lipinski definition) is 2. The first-order chi connectivity index (χ1) is 13.5. The van der Waals surface area contributed by atoms with Gasteiger partial charge in [-0.25, -0.2) is 0 Å². The van der Waals surface area contributed by atoms with Crippen LogP contribution in [-0.2, 0) is 11.3 Å². The molecule has 1 aliphatic heterocycles. The van der Waals surface area contributed by atoms with Gasteiger partial charge in [-0.3, -0.25) is 9.59 Å². The number of benzene rings is 2. The average Bonchev–Trinajstić information content (AvgIpc) is 3.07. The maximum absolute atomic E-state index is 13.3. The first kappa shape index (κ1) is 18.8. The molecule has 0 radical (unpaired) electrons. The summed E-state index contributed by atoms with van der Waals surface area (Å²) in [7, 11) is 0. The number of aromatic nitrogens is 1. The summed E-state index contributed by atoms with van der Waals surface area (Å²) < 4.78 is 2.08. The van der Waals surface area contributed by atoms with Gasteiger partial charge in [-0.15, -0.1) is 0 Å². The van der Waals surface area contributed by atoms with Crippen molar-refractivity contribution in [3.8, 4) is 0 Å². The lowest BCUT2D eigenvalue weighted by molar-refractivity contribution is -0.121. The smallest absolute Gasteiger partial charge is 0.270 e. The molecule has 2 heterocycles. The van der Waals surface area contributed by atoms with Crippen LogP contribution in [0.15, 0.2) is 54.6 Å². The third-order valence-electron chi connectivity index (χ3n) is 5.64. The predicted octanol–water partition coefficient (Wildman–Crippen LogP) is 4.78. The van der Waals surface area contributed by atoms with E-state index in [-0.39, 0.29) is 17.6 Å². The SMILES string of the molecule is CC(=O)C1CCN(C(=O)c2cc3ccccc3n2Cc2ccc(Cl)cc2)CC1. The van der Waals surface area contributed by atoms with E-state index >= 15 is 0 Å². The van der Waals surface area contributed by atoms with Crippen LogP contribution in [0.3, 0.4) is 0 Å². The van der Waals surface area contributed by atoms with Gasteiger partial charge in [0.2, 0.25) is 0 Å². The summed E-state index contributed by atoms with van der Waals surface area (Å²) in [6.07, 6.45) is 1.50. The number of nitrogens with zero attached hydrogens (tertiary/aromatic N) is 2. The Morgan fingerprint density at radius 1 is 1.04 bits per heavy atom. The summed E-state index contributed by atoms with van der Waals surface area (Å²) in [5, 5.41) is 1.75. The van der Waals surface area contributed by atoms with Gasteiger partial charge in [0.15, 0.2) is 0 Å². The summed E-state index contributed by atoms with van der Waals surface area (Å²) >= 11 is 6.01. The number of hydrogen-bond donors (Lipinski definition) is 0.